The molecule has 0 saturated heterocycles. The zero-order valence-electron chi connectivity index (χ0n) is 10.5. The Bertz CT molecular complexity index is 494. The quantitative estimate of drug-likeness (QED) is 0.292. The number of benzene rings is 1. The zero-order valence-corrected chi connectivity index (χ0v) is 12.9. The van der Waals surface area contributed by atoms with Gasteiger partial charge in [-0.15, -0.1) is 0 Å². The summed E-state index contributed by atoms with van der Waals surface area (Å²) in [5.74, 6) is 0.00234. The number of methoxy groups -OCH3 is 1. The van der Waals surface area contributed by atoms with Gasteiger partial charge in [0.15, 0.2) is 5.84 Å². The van der Waals surface area contributed by atoms with Crippen LogP contribution in [0.4, 0.5) is 0 Å². The number of rotatable bonds is 5. The third-order valence-corrected chi connectivity index (χ3v) is 3.54. The van der Waals surface area contributed by atoms with Crippen molar-refractivity contribution >= 4 is 39.3 Å². The highest BCUT2D eigenvalue weighted by atomic mass is 79.9. The Morgan fingerprint density at radius 1 is 1.58 bits per heavy atom. The fraction of sp³-hybridized carbons (Fsp3) is 0.333. The molecule has 104 valence electrons. The predicted octanol–water partition coefficient (Wildman–Crippen LogP) is 2.69. The first-order chi connectivity index (χ1) is 8.99. The summed E-state index contributed by atoms with van der Waals surface area (Å²) in [7, 11) is 1.50. The van der Waals surface area contributed by atoms with Crippen molar-refractivity contribution in [3.8, 4) is 5.75 Å². The molecular formula is C12H14BrClN2O3. The van der Waals surface area contributed by atoms with E-state index >= 15 is 0 Å². The molecule has 1 aromatic carbocycles. The number of nitrogens with zero attached hydrogens (tertiary/aromatic N) is 1. The lowest BCUT2D eigenvalue weighted by Crippen LogP contribution is -2.19. The highest BCUT2D eigenvalue weighted by Gasteiger charge is 2.15. The largest absolute Gasteiger partial charge is 0.496 e. The molecule has 0 aliphatic heterocycles. The molecule has 19 heavy (non-hydrogen) atoms. The van der Waals surface area contributed by atoms with Crippen LogP contribution in [0.3, 0.4) is 0 Å². The summed E-state index contributed by atoms with van der Waals surface area (Å²) in [6.45, 7) is 1.84. The molecular weight excluding hydrogens is 336 g/mol. The highest BCUT2D eigenvalue weighted by molar-refractivity contribution is 9.10. The van der Waals surface area contributed by atoms with E-state index in [-0.39, 0.29) is 5.84 Å². The van der Waals surface area contributed by atoms with E-state index in [4.69, 9.17) is 26.9 Å². The minimum absolute atomic E-state index is 0.0171. The molecule has 0 aliphatic rings. The second kappa shape index (κ2) is 7.35. The number of halogens is 2. The Kier molecular flexibility index (Phi) is 6.11. The third kappa shape index (κ3) is 4.40. The van der Waals surface area contributed by atoms with E-state index < -0.39 is 10.8 Å². The van der Waals surface area contributed by atoms with Gasteiger partial charge in [0, 0.05) is 5.02 Å². The minimum atomic E-state index is -0.508. The maximum Gasteiger partial charge on any atom is 0.348 e. The number of oxime groups is 1. The van der Waals surface area contributed by atoms with Crippen molar-refractivity contribution < 1.29 is 14.4 Å². The maximum atomic E-state index is 11.4. The Morgan fingerprint density at radius 3 is 2.84 bits per heavy atom. The molecule has 5 nitrogen and oxygen atoms in total. The Balaban J connectivity index is 2.90. The molecule has 1 rings (SSSR count). The number of hydrogen-bond acceptors (Lipinski definition) is 4. The van der Waals surface area contributed by atoms with E-state index in [9.17, 15) is 4.79 Å². The van der Waals surface area contributed by atoms with Gasteiger partial charge in [-0.2, -0.15) is 0 Å². The number of alkyl halides is 1. The summed E-state index contributed by atoms with van der Waals surface area (Å²) in [6, 6.07) is 4.90. The van der Waals surface area contributed by atoms with E-state index in [1.807, 2.05) is 6.92 Å². The van der Waals surface area contributed by atoms with Gasteiger partial charge in [0.05, 0.1) is 12.7 Å². The highest BCUT2D eigenvalue weighted by Crippen LogP contribution is 2.22. The average molecular weight is 350 g/mol. The summed E-state index contributed by atoms with van der Waals surface area (Å²) < 4.78 is 5.13. The van der Waals surface area contributed by atoms with Crippen molar-refractivity contribution in [3.63, 3.8) is 0 Å². The summed E-state index contributed by atoms with van der Waals surface area (Å²) in [5, 5.41) is 4.07. The number of hydrogen-bond donors (Lipinski definition) is 1. The van der Waals surface area contributed by atoms with Gasteiger partial charge in [-0.25, -0.2) is 4.79 Å². The summed E-state index contributed by atoms with van der Waals surface area (Å²) >= 11 is 9.03. The molecule has 0 fully saturated rings. The van der Waals surface area contributed by atoms with Gasteiger partial charge < -0.3 is 15.3 Å². The first-order valence-corrected chi connectivity index (χ1v) is 6.81. The molecule has 0 spiro atoms. The van der Waals surface area contributed by atoms with Crippen LogP contribution >= 0.6 is 27.5 Å². The molecule has 0 heterocycles. The van der Waals surface area contributed by atoms with Crippen LogP contribution in [0.5, 0.6) is 5.75 Å². The molecule has 0 radical (unpaired) electrons. The summed E-state index contributed by atoms with van der Waals surface area (Å²) in [6.07, 6.45) is 0.592. The van der Waals surface area contributed by atoms with Crippen LogP contribution in [0.15, 0.2) is 23.4 Å². The van der Waals surface area contributed by atoms with Gasteiger partial charge in [0.2, 0.25) is 0 Å². The number of amidine groups is 1. The van der Waals surface area contributed by atoms with Crippen LogP contribution in [-0.4, -0.2) is 23.7 Å². The summed E-state index contributed by atoms with van der Waals surface area (Å²) in [5.41, 5.74) is 6.21. The molecule has 1 aromatic rings. The summed E-state index contributed by atoms with van der Waals surface area (Å²) in [4.78, 5) is 15.8. The minimum Gasteiger partial charge on any atom is -0.496 e. The Labute approximate surface area is 124 Å². The van der Waals surface area contributed by atoms with Gasteiger partial charge in [0.25, 0.3) is 0 Å². The normalized spacial score (nSPS) is 12.9. The van der Waals surface area contributed by atoms with Crippen molar-refractivity contribution in [2.75, 3.05) is 7.11 Å². The third-order valence-electron chi connectivity index (χ3n) is 2.29. The van der Waals surface area contributed by atoms with Crippen LogP contribution in [0.25, 0.3) is 0 Å². The van der Waals surface area contributed by atoms with Crippen molar-refractivity contribution in [3.05, 3.63) is 28.8 Å². The number of carbonyl (C=O) groups is 1. The van der Waals surface area contributed by atoms with Gasteiger partial charge >= 0.3 is 5.97 Å². The monoisotopic (exact) mass is 348 g/mol. The second-order valence-corrected chi connectivity index (χ2v) is 5.15. The van der Waals surface area contributed by atoms with Gasteiger partial charge in [0.1, 0.15) is 10.6 Å². The fourth-order valence-electron chi connectivity index (χ4n) is 1.25. The number of nitrogens with two attached hydrogens (primary N) is 1. The zero-order chi connectivity index (χ0) is 14.4. The molecule has 0 amide bonds. The van der Waals surface area contributed by atoms with Gasteiger partial charge in [-0.3, -0.25) is 0 Å². The van der Waals surface area contributed by atoms with E-state index in [1.165, 1.54) is 7.11 Å². The first kappa shape index (κ1) is 15.8. The van der Waals surface area contributed by atoms with Gasteiger partial charge in [-0.1, -0.05) is 39.6 Å². The molecule has 1 unspecified atom stereocenters. The van der Waals surface area contributed by atoms with E-state index in [2.05, 4.69) is 21.1 Å². The molecule has 0 bridgehead atoms. The van der Waals surface area contributed by atoms with Gasteiger partial charge in [-0.05, 0) is 24.6 Å². The second-order valence-electron chi connectivity index (χ2n) is 3.61. The topological polar surface area (TPSA) is 73.9 Å². The first-order valence-electron chi connectivity index (χ1n) is 5.51. The Morgan fingerprint density at radius 2 is 2.26 bits per heavy atom. The van der Waals surface area contributed by atoms with Crippen LogP contribution in [-0.2, 0) is 9.63 Å². The fourth-order valence-corrected chi connectivity index (χ4v) is 1.50. The molecule has 0 saturated carbocycles. The number of ether oxygens (including phenoxy) is 1. The van der Waals surface area contributed by atoms with Crippen LogP contribution < -0.4 is 10.5 Å². The molecule has 0 aliphatic carbocycles. The van der Waals surface area contributed by atoms with Crippen molar-refractivity contribution in [2.45, 2.75) is 18.2 Å². The van der Waals surface area contributed by atoms with Crippen molar-refractivity contribution in [2.24, 2.45) is 10.9 Å². The van der Waals surface area contributed by atoms with E-state index in [0.29, 0.717) is 22.8 Å². The van der Waals surface area contributed by atoms with Crippen LogP contribution in [0.2, 0.25) is 5.02 Å². The molecule has 0 aromatic heterocycles. The standard InChI is InChI=1S/C12H14BrClN2O3/c1-3-9(13)12(17)19-16-11(15)8-6-7(14)4-5-10(8)18-2/h4-6,9H,3H2,1-2H3,(H2,15,16). The smallest absolute Gasteiger partial charge is 0.348 e. The van der Waals surface area contributed by atoms with Crippen LogP contribution in [0, 0.1) is 0 Å². The van der Waals surface area contributed by atoms with E-state index in [0.717, 1.165) is 0 Å². The lowest BCUT2D eigenvalue weighted by Gasteiger charge is -2.08. The molecule has 7 heteroatoms. The number of carbonyl (C=O) groups excluding carboxylic acids is 1. The van der Waals surface area contributed by atoms with Crippen molar-refractivity contribution in [1.29, 1.82) is 0 Å². The Hall–Kier alpha value is -1.27. The molecule has 2 N–H and O–H groups in total. The lowest BCUT2D eigenvalue weighted by molar-refractivity contribution is -0.142. The lowest BCUT2D eigenvalue weighted by atomic mass is 10.2. The van der Waals surface area contributed by atoms with E-state index in [1.54, 1.807) is 18.2 Å². The molecule has 1 atom stereocenters. The average Bonchev–Trinajstić information content (AvgIpc) is 2.43. The predicted molar refractivity (Wildman–Crippen MR) is 77.8 cm³/mol. The van der Waals surface area contributed by atoms with Crippen molar-refractivity contribution in [1.82, 2.24) is 0 Å². The SMILES string of the molecule is CCC(Br)C(=O)O/N=C(\N)c1cc(Cl)ccc1OC. The van der Waals surface area contributed by atoms with Crippen LogP contribution in [0.1, 0.15) is 18.9 Å². The maximum absolute atomic E-state index is 11.4.